The molecule has 0 saturated heterocycles. The number of ether oxygens (including phenoxy) is 2. The maximum Gasteiger partial charge on any atom is 0.261 e. The van der Waals surface area contributed by atoms with Crippen molar-refractivity contribution in [2.45, 2.75) is 25.6 Å². The lowest BCUT2D eigenvalue weighted by molar-refractivity contribution is -0.142. The molecule has 0 aromatic heterocycles. The van der Waals surface area contributed by atoms with Gasteiger partial charge in [-0.2, -0.15) is 0 Å². The Morgan fingerprint density at radius 1 is 0.800 bits per heavy atom. The molecule has 4 aromatic carbocycles. The maximum atomic E-state index is 13.7. The Kier molecular flexibility index (Phi) is 10.4. The first-order valence-electron chi connectivity index (χ1n) is 12.8. The molecule has 4 rings (SSSR count). The Bertz CT molecular complexity index is 1400. The average molecular weight is 578 g/mol. The third-order valence-electron chi connectivity index (χ3n) is 6.35. The highest BCUT2D eigenvalue weighted by atomic mass is 35.5. The second-order valence-corrected chi connectivity index (χ2v) is 9.98. The number of hydrogen-bond acceptors (Lipinski definition) is 4. The van der Waals surface area contributed by atoms with Gasteiger partial charge in [-0.1, -0.05) is 89.9 Å². The lowest BCUT2D eigenvalue weighted by Gasteiger charge is -2.31. The van der Waals surface area contributed by atoms with Crippen LogP contribution in [-0.2, 0) is 29.1 Å². The summed E-state index contributed by atoms with van der Waals surface area (Å²) >= 11 is 12.3. The molecule has 0 aliphatic carbocycles. The van der Waals surface area contributed by atoms with Gasteiger partial charge in [0, 0.05) is 24.5 Å². The average Bonchev–Trinajstić information content (AvgIpc) is 2.98. The van der Waals surface area contributed by atoms with Gasteiger partial charge in [-0.3, -0.25) is 9.59 Å². The smallest absolute Gasteiger partial charge is 0.261 e. The maximum absolute atomic E-state index is 13.7. The third kappa shape index (κ3) is 8.25. The number of nitrogens with one attached hydrogen (secondary N) is 1. The minimum absolute atomic E-state index is 0.195. The van der Waals surface area contributed by atoms with Crippen LogP contribution in [0.2, 0.25) is 10.0 Å². The molecule has 206 valence electrons. The van der Waals surface area contributed by atoms with Crippen LogP contribution in [0.15, 0.2) is 103 Å². The first-order valence-corrected chi connectivity index (χ1v) is 13.5. The van der Waals surface area contributed by atoms with Crippen molar-refractivity contribution in [3.05, 3.63) is 130 Å². The number of para-hydroxylation sites is 1. The van der Waals surface area contributed by atoms with Gasteiger partial charge >= 0.3 is 0 Å². The molecule has 8 heteroatoms. The monoisotopic (exact) mass is 576 g/mol. The van der Waals surface area contributed by atoms with Gasteiger partial charge in [-0.15, -0.1) is 0 Å². The number of carbonyl (C=O) groups excluding carboxylic acids is 2. The molecule has 4 aromatic rings. The number of methoxy groups -OCH3 is 1. The van der Waals surface area contributed by atoms with Crippen LogP contribution >= 0.6 is 23.2 Å². The number of carbonyl (C=O) groups is 2. The fraction of sp³-hybridized carbons (Fsp3) is 0.188. The van der Waals surface area contributed by atoms with E-state index in [9.17, 15) is 9.59 Å². The number of hydrogen-bond donors (Lipinski definition) is 1. The molecule has 6 nitrogen and oxygen atoms in total. The topological polar surface area (TPSA) is 67.9 Å². The molecule has 0 fully saturated rings. The fourth-order valence-electron chi connectivity index (χ4n) is 4.18. The van der Waals surface area contributed by atoms with Gasteiger partial charge in [0.1, 0.15) is 17.5 Å². The molecule has 40 heavy (non-hydrogen) atoms. The first-order chi connectivity index (χ1) is 19.4. The zero-order valence-electron chi connectivity index (χ0n) is 22.1. The van der Waals surface area contributed by atoms with Crippen molar-refractivity contribution in [2.75, 3.05) is 13.7 Å². The van der Waals surface area contributed by atoms with Crippen LogP contribution < -0.4 is 14.8 Å². The molecule has 0 aliphatic heterocycles. The van der Waals surface area contributed by atoms with Crippen LogP contribution in [0.5, 0.6) is 11.5 Å². The molecule has 0 spiro atoms. The van der Waals surface area contributed by atoms with Gasteiger partial charge in [-0.05, 0) is 53.1 Å². The number of nitrogens with zero attached hydrogens (tertiary/aromatic N) is 1. The predicted octanol–water partition coefficient (Wildman–Crippen LogP) is 6.34. The summed E-state index contributed by atoms with van der Waals surface area (Å²) in [6, 6.07) is 30.4. The third-order valence-corrected chi connectivity index (χ3v) is 6.92. The highest BCUT2D eigenvalue weighted by Gasteiger charge is 2.30. The van der Waals surface area contributed by atoms with Gasteiger partial charge in [0.05, 0.1) is 12.1 Å². The predicted molar refractivity (Wildman–Crippen MR) is 158 cm³/mol. The number of halogens is 2. The fourth-order valence-corrected chi connectivity index (χ4v) is 4.49. The summed E-state index contributed by atoms with van der Waals surface area (Å²) < 4.78 is 11.1. The van der Waals surface area contributed by atoms with E-state index in [0.717, 1.165) is 16.7 Å². The van der Waals surface area contributed by atoms with Crippen molar-refractivity contribution in [2.24, 2.45) is 0 Å². The van der Waals surface area contributed by atoms with E-state index in [1.807, 2.05) is 66.7 Å². The van der Waals surface area contributed by atoms with Crippen molar-refractivity contribution >= 4 is 35.0 Å². The summed E-state index contributed by atoms with van der Waals surface area (Å²) in [5.74, 6) is 0.468. The molecule has 1 atom stereocenters. The summed E-state index contributed by atoms with van der Waals surface area (Å²) in [4.78, 5) is 29.0. The molecular formula is C32H30Cl2N2O4. The van der Waals surface area contributed by atoms with Crippen LogP contribution in [-0.4, -0.2) is 36.5 Å². The Balaban J connectivity index is 1.61. The lowest BCUT2D eigenvalue weighted by Crippen LogP contribution is -2.51. The second-order valence-electron chi connectivity index (χ2n) is 9.14. The zero-order valence-corrected chi connectivity index (χ0v) is 23.6. The summed E-state index contributed by atoms with van der Waals surface area (Å²) in [7, 11) is 1.60. The van der Waals surface area contributed by atoms with Gasteiger partial charge in [-0.25, -0.2) is 0 Å². The summed E-state index contributed by atoms with van der Waals surface area (Å²) in [5.41, 5.74) is 2.66. The van der Waals surface area contributed by atoms with Gasteiger partial charge < -0.3 is 19.7 Å². The van der Waals surface area contributed by atoms with Crippen molar-refractivity contribution in [1.29, 1.82) is 0 Å². The Morgan fingerprint density at radius 3 is 2.12 bits per heavy atom. The van der Waals surface area contributed by atoms with E-state index in [1.165, 1.54) is 0 Å². The van der Waals surface area contributed by atoms with Crippen LogP contribution in [0, 0.1) is 0 Å². The molecular weight excluding hydrogens is 547 g/mol. The quantitative estimate of drug-likeness (QED) is 0.214. The Morgan fingerprint density at radius 2 is 1.45 bits per heavy atom. The van der Waals surface area contributed by atoms with Crippen LogP contribution in [0.1, 0.15) is 16.7 Å². The standard InChI is InChI=1S/C32H30Cl2N2O4/c1-39-27-17-13-25(14-18-27)21-36(31(37)22-40-30-10-6-5-9-28(30)34)29(19-23-7-3-2-4-8-23)32(38)35-20-24-11-15-26(33)16-12-24/h2-18,29H,19-22H2,1H3,(H,35,38)/t29-/m0/s1. The number of benzene rings is 4. The van der Waals surface area contributed by atoms with Crippen molar-refractivity contribution in [1.82, 2.24) is 10.2 Å². The summed E-state index contributed by atoms with van der Waals surface area (Å²) in [6.07, 6.45) is 0.321. The molecule has 1 N–H and O–H groups in total. The lowest BCUT2D eigenvalue weighted by atomic mass is 10.0. The molecule has 0 aliphatic rings. The molecule has 0 unspecified atom stereocenters. The first kappa shape index (κ1) is 29.0. The van der Waals surface area contributed by atoms with Crippen LogP contribution in [0.3, 0.4) is 0 Å². The van der Waals surface area contributed by atoms with E-state index in [1.54, 1.807) is 48.4 Å². The molecule has 0 bridgehead atoms. The normalized spacial score (nSPS) is 11.4. The van der Waals surface area contributed by atoms with E-state index < -0.39 is 6.04 Å². The van der Waals surface area contributed by atoms with Gasteiger partial charge in [0.25, 0.3) is 5.91 Å². The van der Waals surface area contributed by atoms with E-state index in [4.69, 9.17) is 32.7 Å². The molecule has 0 radical (unpaired) electrons. The SMILES string of the molecule is COc1ccc(CN(C(=O)COc2ccccc2Cl)[C@@H](Cc2ccccc2)C(=O)NCc2ccc(Cl)cc2)cc1. The zero-order chi connectivity index (χ0) is 28.3. The van der Waals surface area contributed by atoms with E-state index in [-0.39, 0.29) is 25.0 Å². The van der Waals surface area contributed by atoms with Crippen LogP contribution in [0.25, 0.3) is 0 Å². The van der Waals surface area contributed by atoms with Crippen molar-refractivity contribution in [3.63, 3.8) is 0 Å². The Labute approximate surface area is 244 Å². The second kappa shape index (κ2) is 14.4. The Hall–Kier alpha value is -4.00. The van der Waals surface area contributed by atoms with Crippen molar-refractivity contribution in [3.8, 4) is 11.5 Å². The number of amides is 2. The van der Waals surface area contributed by atoms with Gasteiger partial charge in [0.15, 0.2) is 6.61 Å². The minimum Gasteiger partial charge on any atom is -0.497 e. The molecule has 0 heterocycles. The summed E-state index contributed by atoms with van der Waals surface area (Å²) in [6.45, 7) is 0.207. The van der Waals surface area contributed by atoms with Gasteiger partial charge in [0.2, 0.25) is 5.91 Å². The minimum atomic E-state index is -0.806. The van der Waals surface area contributed by atoms with E-state index >= 15 is 0 Å². The van der Waals surface area contributed by atoms with Crippen LogP contribution in [0.4, 0.5) is 0 Å². The largest absolute Gasteiger partial charge is 0.497 e. The highest BCUT2D eigenvalue weighted by Crippen LogP contribution is 2.24. The summed E-state index contributed by atoms with van der Waals surface area (Å²) in [5, 5.41) is 4.02. The number of rotatable bonds is 12. The van der Waals surface area contributed by atoms with E-state index in [2.05, 4.69) is 5.32 Å². The highest BCUT2D eigenvalue weighted by molar-refractivity contribution is 6.32. The molecule has 2 amide bonds. The molecule has 0 saturated carbocycles. The van der Waals surface area contributed by atoms with E-state index in [0.29, 0.717) is 34.5 Å². The van der Waals surface area contributed by atoms with Crippen molar-refractivity contribution < 1.29 is 19.1 Å².